The van der Waals surface area contributed by atoms with Crippen molar-refractivity contribution in [1.29, 1.82) is 0 Å². The summed E-state index contributed by atoms with van der Waals surface area (Å²) in [5, 5.41) is 12.4. The van der Waals surface area contributed by atoms with Gasteiger partial charge in [0, 0.05) is 16.6 Å². The zero-order valence-electron chi connectivity index (χ0n) is 11.3. The van der Waals surface area contributed by atoms with Gasteiger partial charge in [-0.1, -0.05) is 29.3 Å². The summed E-state index contributed by atoms with van der Waals surface area (Å²) < 4.78 is 6.32. The normalized spacial score (nSPS) is 12.0. The molecular formula is C14H20BrNO3. The number of ether oxygens (including phenoxy) is 1. The van der Waals surface area contributed by atoms with Gasteiger partial charge >= 0.3 is 0 Å². The van der Waals surface area contributed by atoms with Crippen LogP contribution >= 0.6 is 15.9 Å². The molecule has 1 amide bonds. The highest BCUT2D eigenvalue weighted by Crippen LogP contribution is 2.28. The minimum absolute atomic E-state index is 0.0366. The van der Waals surface area contributed by atoms with Crippen molar-refractivity contribution in [1.82, 2.24) is 5.32 Å². The van der Waals surface area contributed by atoms with Crippen LogP contribution in [0.25, 0.3) is 0 Å². The van der Waals surface area contributed by atoms with Crippen LogP contribution in [0.3, 0.4) is 0 Å². The lowest BCUT2D eigenvalue weighted by molar-refractivity contribution is -0.123. The maximum Gasteiger partial charge on any atom is 0.257 e. The number of unbranched alkanes of at least 4 members (excludes halogenated alkanes) is 1. The van der Waals surface area contributed by atoms with Gasteiger partial charge in [-0.25, -0.2) is 0 Å². The highest BCUT2D eigenvalue weighted by Gasteiger charge is 2.11. The van der Waals surface area contributed by atoms with Crippen molar-refractivity contribution in [3.05, 3.63) is 28.2 Å². The maximum atomic E-state index is 11.5. The van der Waals surface area contributed by atoms with E-state index in [9.17, 15) is 9.90 Å². The van der Waals surface area contributed by atoms with Crippen LogP contribution in [0.1, 0.15) is 38.4 Å². The largest absolute Gasteiger partial charge is 0.483 e. The third-order valence-corrected chi connectivity index (χ3v) is 3.13. The van der Waals surface area contributed by atoms with Gasteiger partial charge in [-0.2, -0.15) is 0 Å². The van der Waals surface area contributed by atoms with Gasteiger partial charge in [0.2, 0.25) is 0 Å². The van der Waals surface area contributed by atoms with E-state index in [1.54, 1.807) is 19.1 Å². The third-order valence-electron chi connectivity index (χ3n) is 2.63. The molecule has 0 aliphatic carbocycles. The molecule has 0 radical (unpaired) electrons. The fourth-order valence-electron chi connectivity index (χ4n) is 1.58. The van der Waals surface area contributed by atoms with E-state index in [0.717, 1.165) is 17.3 Å². The molecule has 0 saturated carbocycles. The number of hydrogen-bond acceptors (Lipinski definition) is 3. The Labute approximate surface area is 122 Å². The first kappa shape index (κ1) is 16.0. The second kappa shape index (κ2) is 8.17. The number of rotatable bonds is 7. The SMILES string of the molecule is CCCCNC(=O)COc1ccc(Br)cc1[C@@H](C)O. The van der Waals surface area contributed by atoms with Crippen LogP contribution in [0.4, 0.5) is 0 Å². The van der Waals surface area contributed by atoms with Gasteiger partial charge in [-0.15, -0.1) is 0 Å². The average molecular weight is 330 g/mol. The van der Waals surface area contributed by atoms with E-state index in [2.05, 4.69) is 28.2 Å². The monoisotopic (exact) mass is 329 g/mol. The Bertz CT molecular complexity index is 421. The number of aliphatic hydroxyl groups excluding tert-OH is 1. The summed E-state index contributed by atoms with van der Waals surface area (Å²) >= 11 is 3.34. The van der Waals surface area contributed by atoms with Crippen LogP contribution in [0.15, 0.2) is 22.7 Å². The van der Waals surface area contributed by atoms with Gasteiger partial charge in [0.1, 0.15) is 5.75 Å². The van der Waals surface area contributed by atoms with Crippen molar-refractivity contribution in [2.45, 2.75) is 32.8 Å². The lowest BCUT2D eigenvalue weighted by Gasteiger charge is -2.13. The molecule has 2 N–H and O–H groups in total. The van der Waals surface area contributed by atoms with Gasteiger partial charge in [0.05, 0.1) is 6.10 Å². The van der Waals surface area contributed by atoms with Gasteiger partial charge in [0.15, 0.2) is 6.61 Å². The quantitative estimate of drug-likeness (QED) is 0.756. The summed E-state index contributed by atoms with van der Waals surface area (Å²) in [6.07, 6.45) is 1.36. The number of nitrogens with one attached hydrogen (secondary N) is 1. The number of hydrogen-bond donors (Lipinski definition) is 2. The Morgan fingerprint density at radius 3 is 2.89 bits per heavy atom. The van der Waals surface area contributed by atoms with E-state index in [0.29, 0.717) is 17.9 Å². The Hall–Kier alpha value is -1.07. The van der Waals surface area contributed by atoms with Crippen LogP contribution in [-0.4, -0.2) is 24.2 Å². The van der Waals surface area contributed by atoms with Crippen LogP contribution in [-0.2, 0) is 4.79 Å². The first-order chi connectivity index (χ1) is 9.04. The van der Waals surface area contributed by atoms with E-state index in [1.807, 2.05) is 6.07 Å². The van der Waals surface area contributed by atoms with E-state index >= 15 is 0 Å². The number of halogens is 1. The highest BCUT2D eigenvalue weighted by molar-refractivity contribution is 9.10. The predicted octanol–water partition coefficient (Wildman–Crippen LogP) is 2.80. The van der Waals surface area contributed by atoms with Crippen molar-refractivity contribution in [3.8, 4) is 5.75 Å². The lowest BCUT2D eigenvalue weighted by Crippen LogP contribution is -2.29. The van der Waals surface area contributed by atoms with E-state index in [1.165, 1.54) is 0 Å². The molecule has 1 rings (SSSR count). The molecule has 1 aromatic rings. The molecule has 0 bridgehead atoms. The molecule has 106 valence electrons. The summed E-state index contributed by atoms with van der Waals surface area (Å²) in [6, 6.07) is 5.34. The molecule has 0 spiro atoms. The maximum absolute atomic E-state index is 11.5. The summed E-state index contributed by atoms with van der Waals surface area (Å²) in [4.78, 5) is 11.5. The highest BCUT2D eigenvalue weighted by atomic mass is 79.9. The lowest BCUT2D eigenvalue weighted by atomic mass is 10.1. The van der Waals surface area contributed by atoms with E-state index < -0.39 is 6.10 Å². The number of carbonyl (C=O) groups excluding carboxylic acids is 1. The van der Waals surface area contributed by atoms with Crippen molar-refractivity contribution in [2.75, 3.05) is 13.2 Å². The number of carbonyl (C=O) groups is 1. The summed E-state index contributed by atoms with van der Waals surface area (Å²) in [7, 11) is 0. The minimum atomic E-state index is -0.643. The first-order valence-corrected chi connectivity index (χ1v) is 7.21. The fraction of sp³-hybridized carbons (Fsp3) is 0.500. The molecule has 0 aliphatic heterocycles. The second-order valence-corrected chi connectivity index (χ2v) is 5.27. The third kappa shape index (κ3) is 5.61. The molecule has 5 heteroatoms. The molecule has 1 aromatic carbocycles. The van der Waals surface area contributed by atoms with E-state index in [-0.39, 0.29) is 12.5 Å². The van der Waals surface area contributed by atoms with Crippen LogP contribution in [0.5, 0.6) is 5.75 Å². The van der Waals surface area contributed by atoms with Gasteiger partial charge in [0.25, 0.3) is 5.91 Å². The summed E-state index contributed by atoms with van der Waals surface area (Å²) in [6.45, 7) is 4.36. The molecule has 19 heavy (non-hydrogen) atoms. The number of benzene rings is 1. The molecule has 0 heterocycles. The molecule has 0 fully saturated rings. The van der Waals surface area contributed by atoms with Crippen LogP contribution in [0.2, 0.25) is 0 Å². The molecule has 0 unspecified atom stereocenters. The average Bonchev–Trinajstić information content (AvgIpc) is 2.37. The molecular weight excluding hydrogens is 310 g/mol. The second-order valence-electron chi connectivity index (χ2n) is 4.35. The molecule has 0 aromatic heterocycles. The van der Waals surface area contributed by atoms with Gasteiger partial charge < -0.3 is 15.2 Å². The first-order valence-electron chi connectivity index (χ1n) is 6.41. The molecule has 4 nitrogen and oxygen atoms in total. The zero-order valence-corrected chi connectivity index (χ0v) is 12.9. The molecule has 0 saturated heterocycles. The molecule has 0 aliphatic rings. The Balaban J connectivity index is 2.55. The van der Waals surface area contributed by atoms with Crippen molar-refractivity contribution < 1.29 is 14.6 Å². The zero-order chi connectivity index (χ0) is 14.3. The molecule has 1 atom stereocenters. The minimum Gasteiger partial charge on any atom is -0.483 e. The number of aliphatic hydroxyl groups is 1. The van der Waals surface area contributed by atoms with Crippen molar-refractivity contribution in [3.63, 3.8) is 0 Å². The summed E-state index contributed by atoms with van der Waals surface area (Å²) in [5.41, 5.74) is 0.663. The van der Waals surface area contributed by atoms with E-state index in [4.69, 9.17) is 4.74 Å². The Morgan fingerprint density at radius 2 is 2.26 bits per heavy atom. The van der Waals surface area contributed by atoms with Crippen LogP contribution < -0.4 is 10.1 Å². The predicted molar refractivity (Wildman–Crippen MR) is 78.2 cm³/mol. The van der Waals surface area contributed by atoms with Crippen LogP contribution in [0, 0.1) is 0 Å². The smallest absolute Gasteiger partial charge is 0.257 e. The van der Waals surface area contributed by atoms with Gasteiger partial charge in [-0.05, 0) is 31.5 Å². The summed E-state index contributed by atoms with van der Waals surface area (Å²) in [5.74, 6) is 0.386. The van der Waals surface area contributed by atoms with Gasteiger partial charge in [-0.3, -0.25) is 4.79 Å². The fourth-order valence-corrected chi connectivity index (χ4v) is 1.95. The van der Waals surface area contributed by atoms with Crippen molar-refractivity contribution in [2.24, 2.45) is 0 Å². The Kier molecular flexibility index (Phi) is 6.87. The Morgan fingerprint density at radius 1 is 1.53 bits per heavy atom. The number of amides is 1. The topological polar surface area (TPSA) is 58.6 Å². The standard InChI is InChI=1S/C14H20BrNO3/c1-3-4-7-16-14(18)9-19-13-6-5-11(15)8-12(13)10(2)17/h5-6,8,10,17H,3-4,7,9H2,1-2H3,(H,16,18)/t10-/m1/s1. The van der Waals surface area contributed by atoms with Crippen molar-refractivity contribution >= 4 is 21.8 Å².